The van der Waals surface area contributed by atoms with Gasteiger partial charge in [0.15, 0.2) is 12.3 Å². The monoisotopic (exact) mass is 409 g/mol. The van der Waals surface area contributed by atoms with Gasteiger partial charge in [-0.3, -0.25) is 4.79 Å². The summed E-state index contributed by atoms with van der Waals surface area (Å²) in [6, 6.07) is 5.41. The van der Waals surface area contributed by atoms with E-state index in [-0.39, 0.29) is 36.7 Å². The van der Waals surface area contributed by atoms with Crippen molar-refractivity contribution in [2.75, 3.05) is 32.1 Å². The number of nitrogens with one attached hydrogen (secondary N) is 2. The number of carbonyl (C=O) groups excluding carboxylic acids is 2. The van der Waals surface area contributed by atoms with Gasteiger partial charge in [-0.05, 0) is 56.6 Å². The third kappa shape index (κ3) is 5.43. The summed E-state index contributed by atoms with van der Waals surface area (Å²) in [6.45, 7) is 3.55. The molecule has 2 N–H and O–H groups in total. The number of aromatic nitrogens is 3. The van der Waals surface area contributed by atoms with Crippen LogP contribution in [0.25, 0.3) is 0 Å². The Kier molecular flexibility index (Phi) is 7.77. The Morgan fingerprint density at radius 3 is 2.75 bits per heavy atom. The molecule has 152 valence electrons. The van der Waals surface area contributed by atoms with Crippen molar-refractivity contribution in [3.05, 3.63) is 35.7 Å². The SMILES string of the molecule is COC(=O)COc1ccc(NC(=O)c2cn(C3CCNCC3)nn2)c(C)c1.Cl. The lowest BCUT2D eigenvalue weighted by atomic mass is 10.1. The van der Waals surface area contributed by atoms with E-state index in [0.717, 1.165) is 31.5 Å². The molecule has 0 bridgehead atoms. The van der Waals surface area contributed by atoms with Crippen LogP contribution in [-0.4, -0.2) is 53.7 Å². The maximum atomic E-state index is 12.5. The van der Waals surface area contributed by atoms with Crippen LogP contribution >= 0.6 is 12.4 Å². The third-order valence-electron chi connectivity index (χ3n) is 4.46. The van der Waals surface area contributed by atoms with Crippen molar-refractivity contribution in [3.8, 4) is 5.75 Å². The van der Waals surface area contributed by atoms with Crippen LogP contribution in [-0.2, 0) is 9.53 Å². The number of aryl methyl sites for hydroxylation is 1. The van der Waals surface area contributed by atoms with Gasteiger partial charge in [0.25, 0.3) is 5.91 Å². The normalized spacial score (nSPS) is 14.1. The van der Waals surface area contributed by atoms with E-state index >= 15 is 0 Å². The number of amides is 1. The first-order valence-corrected chi connectivity index (χ1v) is 8.81. The van der Waals surface area contributed by atoms with Gasteiger partial charge in [0, 0.05) is 5.69 Å². The molecule has 3 rings (SSSR count). The smallest absolute Gasteiger partial charge is 0.343 e. The van der Waals surface area contributed by atoms with Gasteiger partial charge in [0.2, 0.25) is 0 Å². The van der Waals surface area contributed by atoms with E-state index in [9.17, 15) is 9.59 Å². The Hall–Kier alpha value is -2.65. The Morgan fingerprint density at radius 1 is 1.32 bits per heavy atom. The van der Waals surface area contributed by atoms with E-state index in [0.29, 0.717) is 11.4 Å². The molecule has 0 spiro atoms. The minimum Gasteiger partial charge on any atom is -0.482 e. The third-order valence-corrected chi connectivity index (χ3v) is 4.46. The van der Waals surface area contributed by atoms with Crippen molar-refractivity contribution in [2.24, 2.45) is 0 Å². The van der Waals surface area contributed by atoms with Gasteiger partial charge in [-0.2, -0.15) is 0 Å². The first-order chi connectivity index (χ1) is 13.1. The summed E-state index contributed by atoms with van der Waals surface area (Å²) in [5, 5.41) is 14.2. The summed E-state index contributed by atoms with van der Waals surface area (Å²) in [6.07, 6.45) is 3.63. The van der Waals surface area contributed by atoms with Crippen molar-refractivity contribution >= 4 is 30.0 Å². The molecule has 2 aromatic rings. The number of carbonyl (C=O) groups is 2. The molecular weight excluding hydrogens is 386 g/mol. The first kappa shape index (κ1) is 21.6. The molecule has 0 atom stereocenters. The largest absolute Gasteiger partial charge is 0.482 e. The second kappa shape index (κ2) is 10.0. The molecule has 0 saturated carbocycles. The fourth-order valence-electron chi connectivity index (χ4n) is 2.88. The Morgan fingerprint density at radius 2 is 2.07 bits per heavy atom. The number of ether oxygens (including phenoxy) is 2. The van der Waals surface area contributed by atoms with E-state index in [2.05, 4.69) is 25.7 Å². The zero-order chi connectivity index (χ0) is 19.2. The molecule has 1 aliphatic rings. The first-order valence-electron chi connectivity index (χ1n) is 8.81. The Balaban J connectivity index is 0.00000280. The highest BCUT2D eigenvalue weighted by atomic mass is 35.5. The highest BCUT2D eigenvalue weighted by molar-refractivity contribution is 6.03. The van der Waals surface area contributed by atoms with Gasteiger partial charge in [-0.1, -0.05) is 5.21 Å². The van der Waals surface area contributed by atoms with Gasteiger partial charge < -0.3 is 20.1 Å². The fourth-order valence-corrected chi connectivity index (χ4v) is 2.88. The summed E-state index contributed by atoms with van der Waals surface area (Å²) in [5.41, 5.74) is 1.72. The van der Waals surface area contributed by atoms with Gasteiger partial charge in [-0.25, -0.2) is 9.48 Å². The van der Waals surface area contributed by atoms with E-state index in [1.807, 2.05) is 6.92 Å². The number of hydrogen-bond donors (Lipinski definition) is 2. The molecule has 10 heteroatoms. The number of hydrogen-bond acceptors (Lipinski definition) is 7. The summed E-state index contributed by atoms with van der Waals surface area (Å²) >= 11 is 0. The molecule has 0 radical (unpaired) electrons. The van der Waals surface area contributed by atoms with Crippen LogP contribution in [0.15, 0.2) is 24.4 Å². The highest BCUT2D eigenvalue weighted by Gasteiger charge is 2.19. The fraction of sp³-hybridized carbons (Fsp3) is 0.444. The van der Waals surface area contributed by atoms with Crippen molar-refractivity contribution in [1.29, 1.82) is 0 Å². The zero-order valence-corrected chi connectivity index (χ0v) is 16.6. The number of rotatable bonds is 6. The molecule has 1 aromatic carbocycles. The van der Waals surface area contributed by atoms with E-state index in [4.69, 9.17) is 4.74 Å². The lowest BCUT2D eigenvalue weighted by molar-refractivity contribution is -0.142. The van der Waals surface area contributed by atoms with Crippen LogP contribution < -0.4 is 15.4 Å². The molecule has 2 heterocycles. The van der Waals surface area contributed by atoms with Crippen LogP contribution in [0.2, 0.25) is 0 Å². The van der Waals surface area contributed by atoms with E-state index in [1.165, 1.54) is 7.11 Å². The van der Waals surface area contributed by atoms with Crippen LogP contribution in [0.4, 0.5) is 5.69 Å². The number of nitrogens with zero attached hydrogens (tertiary/aromatic N) is 3. The molecule has 1 saturated heterocycles. The summed E-state index contributed by atoms with van der Waals surface area (Å²) < 4.78 is 11.6. The molecule has 1 fully saturated rings. The lowest BCUT2D eigenvalue weighted by Gasteiger charge is -2.22. The number of esters is 1. The molecule has 9 nitrogen and oxygen atoms in total. The molecule has 0 unspecified atom stereocenters. The predicted octanol–water partition coefficient (Wildman–Crippen LogP) is 1.74. The molecule has 28 heavy (non-hydrogen) atoms. The molecule has 1 aliphatic heterocycles. The average Bonchev–Trinajstić information content (AvgIpc) is 3.19. The van der Waals surface area contributed by atoms with Crippen LogP contribution in [0.1, 0.15) is 34.9 Å². The molecular formula is C18H24ClN5O4. The minimum atomic E-state index is -0.457. The number of piperidine rings is 1. The van der Waals surface area contributed by atoms with Crippen molar-refractivity contribution in [1.82, 2.24) is 20.3 Å². The predicted molar refractivity (Wildman–Crippen MR) is 105 cm³/mol. The Labute approximate surface area is 169 Å². The molecule has 1 amide bonds. The van der Waals surface area contributed by atoms with Crippen LogP contribution in [0.5, 0.6) is 5.75 Å². The van der Waals surface area contributed by atoms with E-state index < -0.39 is 5.97 Å². The van der Waals surface area contributed by atoms with Crippen molar-refractivity contribution in [3.63, 3.8) is 0 Å². The summed E-state index contributed by atoms with van der Waals surface area (Å²) in [5.74, 6) is -0.254. The van der Waals surface area contributed by atoms with Crippen molar-refractivity contribution in [2.45, 2.75) is 25.8 Å². The summed E-state index contributed by atoms with van der Waals surface area (Å²) in [4.78, 5) is 23.6. The number of methoxy groups -OCH3 is 1. The quantitative estimate of drug-likeness (QED) is 0.699. The standard InChI is InChI=1S/C18H23N5O4.ClH/c1-12-9-14(27-11-17(24)26-2)3-4-15(12)20-18(25)16-10-23(22-21-16)13-5-7-19-8-6-13;/h3-4,9-10,13,19H,5-8,11H2,1-2H3,(H,20,25);1H. The maximum Gasteiger partial charge on any atom is 0.343 e. The number of benzene rings is 1. The van der Waals surface area contributed by atoms with Crippen LogP contribution in [0, 0.1) is 6.92 Å². The number of halogens is 1. The van der Waals surface area contributed by atoms with Gasteiger partial charge in [0.1, 0.15) is 5.75 Å². The second-order valence-electron chi connectivity index (χ2n) is 6.36. The average molecular weight is 410 g/mol. The van der Waals surface area contributed by atoms with E-state index in [1.54, 1.807) is 29.1 Å². The van der Waals surface area contributed by atoms with Gasteiger partial charge in [0.05, 0.1) is 19.3 Å². The summed E-state index contributed by atoms with van der Waals surface area (Å²) in [7, 11) is 1.30. The topological polar surface area (TPSA) is 107 Å². The molecule has 1 aromatic heterocycles. The lowest BCUT2D eigenvalue weighted by Crippen LogP contribution is -2.29. The number of anilines is 1. The highest BCUT2D eigenvalue weighted by Crippen LogP contribution is 2.22. The maximum absolute atomic E-state index is 12.5. The minimum absolute atomic E-state index is 0. The van der Waals surface area contributed by atoms with Gasteiger partial charge in [-0.15, -0.1) is 17.5 Å². The van der Waals surface area contributed by atoms with Gasteiger partial charge >= 0.3 is 5.97 Å². The van der Waals surface area contributed by atoms with Crippen molar-refractivity contribution < 1.29 is 19.1 Å². The zero-order valence-electron chi connectivity index (χ0n) is 15.8. The second-order valence-corrected chi connectivity index (χ2v) is 6.36. The van der Waals surface area contributed by atoms with Crippen LogP contribution in [0.3, 0.4) is 0 Å². The molecule has 0 aliphatic carbocycles. The Bertz CT molecular complexity index is 820.